The lowest BCUT2D eigenvalue weighted by atomic mass is 10.2. The molecule has 0 atom stereocenters. The van der Waals surface area contributed by atoms with E-state index in [0.717, 1.165) is 23.2 Å². The molecule has 116 valence electrons. The van der Waals surface area contributed by atoms with E-state index in [4.69, 9.17) is 5.11 Å². The van der Waals surface area contributed by atoms with Gasteiger partial charge in [-0.05, 0) is 37.5 Å². The summed E-state index contributed by atoms with van der Waals surface area (Å²) in [6.07, 6.45) is 3.03. The van der Waals surface area contributed by atoms with E-state index in [-0.39, 0.29) is 10.9 Å². The van der Waals surface area contributed by atoms with Crippen molar-refractivity contribution in [1.82, 2.24) is 4.31 Å². The van der Waals surface area contributed by atoms with Crippen LogP contribution < -0.4 is 0 Å². The molecule has 0 amide bonds. The number of halogens is 1. The van der Waals surface area contributed by atoms with Gasteiger partial charge in [0.25, 0.3) is 0 Å². The van der Waals surface area contributed by atoms with Gasteiger partial charge >= 0.3 is 5.97 Å². The van der Waals surface area contributed by atoms with Gasteiger partial charge < -0.3 is 5.11 Å². The van der Waals surface area contributed by atoms with Crippen molar-refractivity contribution >= 4 is 16.0 Å². The normalized spacial score (nSPS) is 16.5. The molecule has 0 spiro atoms. The maximum absolute atomic E-state index is 13.4. The molecule has 1 N–H and O–H groups in total. The molecule has 2 rings (SSSR count). The van der Waals surface area contributed by atoms with Gasteiger partial charge in [-0.25, -0.2) is 12.8 Å². The van der Waals surface area contributed by atoms with Crippen LogP contribution in [-0.4, -0.2) is 36.4 Å². The predicted molar refractivity (Wildman–Crippen MR) is 74.9 cm³/mol. The maximum atomic E-state index is 13.4. The van der Waals surface area contributed by atoms with E-state index in [1.807, 2.05) is 0 Å². The predicted octanol–water partition coefficient (Wildman–Crippen LogP) is 2.15. The summed E-state index contributed by atoms with van der Waals surface area (Å²) in [7, 11) is -4.02. The topological polar surface area (TPSA) is 74.7 Å². The third-order valence-electron chi connectivity index (χ3n) is 3.76. The molecule has 1 aliphatic carbocycles. The number of benzene rings is 1. The van der Waals surface area contributed by atoms with Crippen molar-refractivity contribution in [2.75, 3.05) is 6.54 Å². The number of carbonyl (C=O) groups is 1. The molecule has 0 unspecified atom stereocenters. The average Bonchev–Trinajstić information content (AvgIpc) is 2.92. The Morgan fingerprint density at radius 3 is 2.57 bits per heavy atom. The van der Waals surface area contributed by atoms with Gasteiger partial charge in [-0.2, -0.15) is 4.31 Å². The van der Waals surface area contributed by atoms with Gasteiger partial charge in [0.05, 0.1) is 4.90 Å². The molecule has 5 nitrogen and oxygen atoms in total. The van der Waals surface area contributed by atoms with Crippen LogP contribution in [0.15, 0.2) is 23.1 Å². The lowest BCUT2D eigenvalue weighted by molar-refractivity contribution is -0.137. The van der Waals surface area contributed by atoms with Crippen LogP contribution in [0.25, 0.3) is 0 Å². The largest absolute Gasteiger partial charge is 0.480 e. The van der Waals surface area contributed by atoms with Gasteiger partial charge in [0.2, 0.25) is 10.0 Å². The zero-order valence-corrected chi connectivity index (χ0v) is 12.6. The van der Waals surface area contributed by atoms with Gasteiger partial charge in [-0.15, -0.1) is 0 Å². The van der Waals surface area contributed by atoms with E-state index in [2.05, 4.69) is 0 Å². The Balaban J connectivity index is 2.45. The Hall–Kier alpha value is -1.47. The number of nitrogens with zero attached hydrogens (tertiary/aromatic N) is 1. The minimum Gasteiger partial charge on any atom is -0.480 e. The number of hydrogen-bond acceptors (Lipinski definition) is 3. The highest BCUT2D eigenvalue weighted by atomic mass is 32.2. The summed E-state index contributed by atoms with van der Waals surface area (Å²) >= 11 is 0. The van der Waals surface area contributed by atoms with Crippen molar-refractivity contribution in [2.45, 2.75) is 43.5 Å². The van der Waals surface area contributed by atoms with Crippen molar-refractivity contribution in [3.63, 3.8) is 0 Å². The van der Waals surface area contributed by atoms with Crippen molar-refractivity contribution in [2.24, 2.45) is 0 Å². The second-order valence-electron chi connectivity index (χ2n) is 5.29. The van der Waals surface area contributed by atoms with Crippen molar-refractivity contribution < 1.29 is 22.7 Å². The fourth-order valence-electron chi connectivity index (χ4n) is 2.71. The van der Waals surface area contributed by atoms with Crippen LogP contribution in [-0.2, 0) is 14.8 Å². The SMILES string of the molecule is Cc1ccc(F)cc1S(=O)(=O)N(CC(=O)O)C1CCCC1. The van der Waals surface area contributed by atoms with Crippen molar-refractivity contribution in [3.8, 4) is 0 Å². The molecule has 1 aromatic carbocycles. The molecular formula is C14H18FNO4S. The zero-order valence-electron chi connectivity index (χ0n) is 11.8. The molecule has 21 heavy (non-hydrogen) atoms. The molecular weight excluding hydrogens is 297 g/mol. The number of carboxylic acid groups (broad SMARTS) is 1. The van der Waals surface area contributed by atoms with Crippen LogP contribution in [0.2, 0.25) is 0 Å². The molecule has 0 aromatic heterocycles. The van der Waals surface area contributed by atoms with E-state index < -0.39 is 28.4 Å². The highest BCUT2D eigenvalue weighted by Gasteiger charge is 2.35. The van der Waals surface area contributed by atoms with Gasteiger partial charge in [0.1, 0.15) is 12.4 Å². The highest BCUT2D eigenvalue weighted by Crippen LogP contribution is 2.29. The molecule has 0 heterocycles. The maximum Gasteiger partial charge on any atom is 0.318 e. The number of hydrogen-bond donors (Lipinski definition) is 1. The number of aryl methyl sites for hydroxylation is 1. The standard InChI is InChI=1S/C14H18FNO4S/c1-10-6-7-11(15)8-13(10)21(19,20)16(9-14(17)18)12-4-2-3-5-12/h6-8,12H,2-5,9H2,1H3,(H,17,18). The molecule has 0 bridgehead atoms. The van der Waals surface area contributed by atoms with Crippen LogP contribution in [0, 0.1) is 12.7 Å². The number of rotatable bonds is 5. The Labute approximate surface area is 123 Å². The number of sulfonamides is 1. The quantitative estimate of drug-likeness (QED) is 0.903. The first-order valence-corrected chi connectivity index (χ1v) is 8.26. The minimum atomic E-state index is -4.02. The van der Waals surface area contributed by atoms with E-state index in [1.165, 1.54) is 12.1 Å². The van der Waals surface area contributed by atoms with Crippen LogP contribution in [0.1, 0.15) is 31.2 Å². The second kappa shape index (κ2) is 6.11. The molecule has 0 radical (unpaired) electrons. The molecule has 1 saturated carbocycles. The summed E-state index contributed by atoms with van der Waals surface area (Å²) in [4.78, 5) is 10.9. The van der Waals surface area contributed by atoms with E-state index in [1.54, 1.807) is 6.92 Å². The second-order valence-corrected chi connectivity index (χ2v) is 7.15. The van der Waals surface area contributed by atoms with Crippen LogP contribution >= 0.6 is 0 Å². The fourth-order valence-corrected chi connectivity index (χ4v) is 4.59. The smallest absolute Gasteiger partial charge is 0.318 e. The summed E-state index contributed by atoms with van der Waals surface area (Å²) in [5.41, 5.74) is 0.407. The lowest BCUT2D eigenvalue weighted by Crippen LogP contribution is -2.42. The number of carboxylic acids is 1. The third-order valence-corrected chi connectivity index (χ3v) is 5.80. The summed E-state index contributed by atoms with van der Waals surface area (Å²) in [5, 5.41) is 9.00. The fraction of sp³-hybridized carbons (Fsp3) is 0.500. The summed E-state index contributed by atoms with van der Waals surface area (Å²) in [5.74, 6) is -1.86. The van der Waals surface area contributed by atoms with Gasteiger partial charge in [0, 0.05) is 6.04 Å². The van der Waals surface area contributed by atoms with Crippen molar-refractivity contribution in [3.05, 3.63) is 29.6 Å². The van der Waals surface area contributed by atoms with E-state index in [9.17, 15) is 17.6 Å². The van der Waals surface area contributed by atoms with Crippen LogP contribution in [0.3, 0.4) is 0 Å². The van der Waals surface area contributed by atoms with E-state index >= 15 is 0 Å². The molecule has 0 saturated heterocycles. The van der Waals surface area contributed by atoms with Crippen LogP contribution in [0.5, 0.6) is 0 Å². The van der Waals surface area contributed by atoms with Gasteiger partial charge in [0.15, 0.2) is 0 Å². The Morgan fingerprint density at radius 1 is 1.38 bits per heavy atom. The first-order valence-electron chi connectivity index (χ1n) is 6.82. The summed E-state index contributed by atoms with van der Waals surface area (Å²) < 4.78 is 39.8. The lowest BCUT2D eigenvalue weighted by Gasteiger charge is -2.27. The molecule has 1 aromatic rings. The third kappa shape index (κ3) is 3.41. The van der Waals surface area contributed by atoms with Gasteiger partial charge in [-0.1, -0.05) is 18.9 Å². The molecule has 1 aliphatic rings. The molecule has 0 aliphatic heterocycles. The summed E-state index contributed by atoms with van der Waals surface area (Å²) in [6, 6.07) is 3.20. The number of aliphatic carboxylic acids is 1. The minimum absolute atomic E-state index is 0.157. The Morgan fingerprint density at radius 2 is 2.00 bits per heavy atom. The Bertz CT molecular complexity index is 638. The summed E-state index contributed by atoms with van der Waals surface area (Å²) in [6.45, 7) is 0.975. The average molecular weight is 315 g/mol. The first kappa shape index (κ1) is 15.9. The highest BCUT2D eigenvalue weighted by molar-refractivity contribution is 7.89. The zero-order chi connectivity index (χ0) is 15.6. The van der Waals surface area contributed by atoms with Gasteiger partial charge in [-0.3, -0.25) is 4.79 Å². The van der Waals surface area contributed by atoms with Crippen molar-refractivity contribution in [1.29, 1.82) is 0 Å². The molecule has 1 fully saturated rings. The first-order chi connectivity index (χ1) is 9.82. The van der Waals surface area contributed by atoms with E-state index in [0.29, 0.717) is 18.4 Å². The monoisotopic (exact) mass is 315 g/mol. The Kier molecular flexibility index (Phi) is 4.63. The molecule has 7 heteroatoms. The van der Waals surface area contributed by atoms with Crippen LogP contribution in [0.4, 0.5) is 4.39 Å².